The maximum atomic E-state index is 13.3. The second-order valence-corrected chi connectivity index (χ2v) is 5.50. The van der Waals surface area contributed by atoms with E-state index in [1.807, 2.05) is 29.2 Å². The number of benzene rings is 2. The maximum Gasteiger partial charge on any atom is 0.256 e. The number of carbonyl (C=O) groups excluding carboxylic acids is 1. The Morgan fingerprint density at radius 1 is 1.10 bits per heavy atom. The Balaban J connectivity index is 1.98. The molecule has 0 unspecified atom stereocenters. The highest BCUT2D eigenvalue weighted by atomic mass is 19.1. The van der Waals surface area contributed by atoms with Crippen LogP contribution in [0.15, 0.2) is 48.5 Å². The van der Waals surface area contributed by atoms with Crippen LogP contribution >= 0.6 is 0 Å². The second kappa shape index (κ2) is 4.40. The predicted molar refractivity (Wildman–Crippen MR) is 77.3 cm³/mol. The first kappa shape index (κ1) is 12.5. The van der Waals surface area contributed by atoms with Gasteiger partial charge in [-0.05, 0) is 36.7 Å². The molecular weight excluding hydrogens is 267 g/mol. The van der Waals surface area contributed by atoms with Gasteiger partial charge in [0.1, 0.15) is 11.5 Å². The standard InChI is InChI=1S/C17H15FN2O/c18-13-8-6-12(7-9-13)17-15-5-2-1-4-14(15)16(21)20(17)11-3-10-19-17/h1-2,4-9,19H,3,10-11H2/t17-/m0/s1. The van der Waals surface area contributed by atoms with Crippen LogP contribution in [0, 0.1) is 5.82 Å². The molecule has 4 heteroatoms. The molecule has 1 amide bonds. The van der Waals surface area contributed by atoms with Crippen molar-refractivity contribution in [1.29, 1.82) is 0 Å². The summed E-state index contributed by atoms with van der Waals surface area (Å²) in [6.07, 6.45) is 0.919. The lowest BCUT2D eigenvalue weighted by atomic mass is 9.89. The number of carbonyl (C=O) groups is 1. The molecule has 0 radical (unpaired) electrons. The molecule has 21 heavy (non-hydrogen) atoms. The van der Waals surface area contributed by atoms with Crippen LogP contribution in [0.5, 0.6) is 0 Å². The molecule has 0 bridgehead atoms. The van der Waals surface area contributed by atoms with Crippen molar-refractivity contribution in [2.75, 3.05) is 13.1 Å². The summed E-state index contributed by atoms with van der Waals surface area (Å²) < 4.78 is 13.3. The number of fused-ring (bicyclic) bond motifs is 3. The lowest BCUT2D eigenvalue weighted by molar-refractivity contribution is 0.0457. The fourth-order valence-electron chi connectivity index (χ4n) is 3.50. The molecule has 0 aliphatic carbocycles. The SMILES string of the molecule is O=C1c2ccccc2[C@@]2(c3ccc(F)cc3)NCCCN12. The summed E-state index contributed by atoms with van der Waals surface area (Å²) in [6.45, 7) is 1.54. The minimum atomic E-state index is -0.653. The van der Waals surface area contributed by atoms with Crippen molar-refractivity contribution in [1.82, 2.24) is 10.2 Å². The summed E-state index contributed by atoms with van der Waals surface area (Å²) in [4.78, 5) is 14.6. The van der Waals surface area contributed by atoms with Crippen LogP contribution in [0.25, 0.3) is 0 Å². The van der Waals surface area contributed by atoms with E-state index in [-0.39, 0.29) is 11.7 Å². The Morgan fingerprint density at radius 3 is 2.67 bits per heavy atom. The average Bonchev–Trinajstić information content (AvgIpc) is 2.80. The third kappa shape index (κ3) is 1.59. The van der Waals surface area contributed by atoms with Gasteiger partial charge in [-0.1, -0.05) is 30.3 Å². The molecule has 2 aliphatic rings. The first-order valence-electron chi connectivity index (χ1n) is 7.16. The molecule has 2 aromatic rings. The van der Waals surface area contributed by atoms with Crippen molar-refractivity contribution in [2.45, 2.75) is 12.1 Å². The van der Waals surface area contributed by atoms with E-state index >= 15 is 0 Å². The lowest BCUT2D eigenvalue weighted by Gasteiger charge is -2.44. The number of nitrogens with one attached hydrogen (secondary N) is 1. The van der Waals surface area contributed by atoms with Crippen LogP contribution in [0.2, 0.25) is 0 Å². The molecule has 2 aliphatic heterocycles. The minimum Gasteiger partial charge on any atom is -0.312 e. The van der Waals surface area contributed by atoms with Gasteiger partial charge in [0.25, 0.3) is 5.91 Å². The van der Waals surface area contributed by atoms with Crippen LogP contribution in [-0.2, 0) is 5.66 Å². The summed E-state index contributed by atoms with van der Waals surface area (Å²) in [6, 6.07) is 14.1. The van der Waals surface area contributed by atoms with Gasteiger partial charge in [0.2, 0.25) is 0 Å². The van der Waals surface area contributed by atoms with Crippen molar-refractivity contribution in [3.8, 4) is 0 Å². The normalized spacial score (nSPS) is 23.9. The fraction of sp³-hybridized carbons (Fsp3) is 0.235. The first-order chi connectivity index (χ1) is 10.2. The summed E-state index contributed by atoms with van der Waals surface area (Å²) in [7, 11) is 0. The molecule has 4 rings (SSSR count). The van der Waals surface area contributed by atoms with E-state index in [9.17, 15) is 9.18 Å². The van der Waals surface area contributed by atoms with Gasteiger partial charge >= 0.3 is 0 Å². The average molecular weight is 282 g/mol. The van der Waals surface area contributed by atoms with Crippen LogP contribution in [0.1, 0.15) is 27.9 Å². The Morgan fingerprint density at radius 2 is 1.86 bits per heavy atom. The van der Waals surface area contributed by atoms with Gasteiger partial charge in [-0.3, -0.25) is 10.1 Å². The summed E-state index contributed by atoms with van der Waals surface area (Å²) in [5.41, 5.74) is 1.94. The Labute approximate surface area is 122 Å². The molecule has 0 saturated carbocycles. The quantitative estimate of drug-likeness (QED) is 0.871. The molecule has 0 spiro atoms. The fourth-order valence-corrected chi connectivity index (χ4v) is 3.50. The van der Waals surface area contributed by atoms with Gasteiger partial charge in [-0.25, -0.2) is 4.39 Å². The minimum absolute atomic E-state index is 0.0436. The van der Waals surface area contributed by atoms with Crippen molar-refractivity contribution in [2.24, 2.45) is 0 Å². The second-order valence-electron chi connectivity index (χ2n) is 5.50. The summed E-state index contributed by atoms with van der Waals surface area (Å²) >= 11 is 0. The van der Waals surface area contributed by atoms with Gasteiger partial charge < -0.3 is 4.90 Å². The van der Waals surface area contributed by atoms with E-state index in [0.29, 0.717) is 6.54 Å². The summed E-state index contributed by atoms with van der Waals surface area (Å²) in [5, 5.41) is 3.50. The lowest BCUT2D eigenvalue weighted by Crippen LogP contribution is -2.59. The van der Waals surface area contributed by atoms with Gasteiger partial charge in [0.05, 0.1) is 0 Å². The van der Waals surface area contributed by atoms with Crippen molar-refractivity contribution in [3.63, 3.8) is 0 Å². The van der Waals surface area contributed by atoms with Crippen LogP contribution < -0.4 is 5.32 Å². The zero-order chi connectivity index (χ0) is 14.4. The number of rotatable bonds is 1. The number of halogens is 1. The molecule has 2 aromatic carbocycles. The molecular formula is C17H15FN2O. The molecule has 1 fully saturated rings. The Kier molecular flexibility index (Phi) is 2.62. The van der Waals surface area contributed by atoms with Gasteiger partial charge in [-0.15, -0.1) is 0 Å². The number of hydrogen-bond donors (Lipinski definition) is 1. The van der Waals surface area contributed by atoms with Crippen molar-refractivity contribution in [3.05, 3.63) is 71.0 Å². The molecule has 1 N–H and O–H groups in total. The number of hydrogen-bond acceptors (Lipinski definition) is 2. The van der Waals surface area contributed by atoms with Gasteiger partial charge in [-0.2, -0.15) is 0 Å². The topological polar surface area (TPSA) is 32.3 Å². The third-order valence-corrected chi connectivity index (χ3v) is 4.40. The van der Waals surface area contributed by atoms with Crippen LogP contribution in [0.3, 0.4) is 0 Å². The first-order valence-corrected chi connectivity index (χ1v) is 7.16. The van der Waals surface area contributed by atoms with E-state index < -0.39 is 5.66 Å². The molecule has 2 heterocycles. The molecule has 1 saturated heterocycles. The maximum absolute atomic E-state index is 13.3. The highest BCUT2D eigenvalue weighted by Crippen LogP contribution is 2.43. The van der Waals surface area contributed by atoms with E-state index in [0.717, 1.165) is 29.7 Å². The summed E-state index contributed by atoms with van der Waals surface area (Å²) in [5.74, 6) is -0.225. The highest BCUT2D eigenvalue weighted by molar-refractivity contribution is 6.00. The highest BCUT2D eigenvalue weighted by Gasteiger charge is 2.51. The van der Waals surface area contributed by atoms with Crippen LogP contribution in [0.4, 0.5) is 4.39 Å². The van der Waals surface area contributed by atoms with Gasteiger partial charge in [0.15, 0.2) is 0 Å². The number of amides is 1. The monoisotopic (exact) mass is 282 g/mol. The predicted octanol–water partition coefficient (Wildman–Crippen LogP) is 2.48. The largest absolute Gasteiger partial charge is 0.312 e. The molecule has 1 atom stereocenters. The van der Waals surface area contributed by atoms with Gasteiger partial charge in [0, 0.05) is 17.7 Å². The Hall–Kier alpha value is -2.20. The Bertz CT molecular complexity index is 713. The van der Waals surface area contributed by atoms with E-state index in [4.69, 9.17) is 0 Å². The van der Waals surface area contributed by atoms with Crippen molar-refractivity contribution >= 4 is 5.91 Å². The van der Waals surface area contributed by atoms with E-state index in [2.05, 4.69) is 5.32 Å². The number of nitrogens with zero attached hydrogens (tertiary/aromatic N) is 1. The molecule has 106 valence electrons. The molecule has 3 nitrogen and oxygen atoms in total. The van der Waals surface area contributed by atoms with Crippen molar-refractivity contribution < 1.29 is 9.18 Å². The zero-order valence-corrected chi connectivity index (χ0v) is 11.5. The molecule has 0 aromatic heterocycles. The zero-order valence-electron chi connectivity index (χ0n) is 11.5. The van der Waals surface area contributed by atoms with Crippen LogP contribution in [-0.4, -0.2) is 23.9 Å². The van der Waals surface area contributed by atoms with E-state index in [1.165, 1.54) is 12.1 Å². The third-order valence-electron chi connectivity index (χ3n) is 4.40. The smallest absolute Gasteiger partial charge is 0.256 e. The van der Waals surface area contributed by atoms with E-state index in [1.54, 1.807) is 12.1 Å².